The van der Waals surface area contributed by atoms with Crippen LogP contribution in [-0.4, -0.2) is 91.0 Å². The van der Waals surface area contributed by atoms with Crippen molar-refractivity contribution in [3.8, 4) is 0 Å². The summed E-state index contributed by atoms with van der Waals surface area (Å²) < 4.78 is 5.86. The first-order valence-corrected chi connectivity index (χ1v) is 9.22. The van der Waals surface area contributed by atoms with E-state index in [2.05, 4.69) is 21.7 Å². The number of fused-ring (bicyclic) bond motifs is 1. The van der Waals surface area contributed by atoms with Crippen LogP contribution in [0.2, 0.25) is 0 Å². The number of carbonyl (C=O) groups is 1. The summed E-state index contributed by atoms with van der Waals surface area (Å²) in [7, 11) is 2.16. The van der Waals surface area contributed by atoms with Crippen LogP contribution in [0.3, 0.4) is 0 Å². The predicted molar refractivity (Wildman–Crippen MR) is 92.0 cm³/mol. The van der Waals surface area contributed by atoms with Gasteiger partial charge in [0.25, 0.3) is 5.91 Å². The predicted octanol–water partition coefficient (Wildman–Crippen LogP) is 0.947. The third-order valence-corrected chi connectivity index (χ3v) is 5.63. The van der Waals surface area contributed by atoms with Crippen molar-refractivity contribution < 1.29 is 9.21 Å². The number of piperazine rings is 2. The lowest BCUT2D eigenvalue weighted by Crippen LogP contribution is -2.62. The lowest BCUT2D eigenvalue weighted by atomic mass is 10.1. The number of hydrogen-bond acceptors (Lipinski definition) is 5. The van der Waals surface area contributed by atoms with E-state index in [1.807, 2.05) is 17.0 Å². The number of likely N-dealkylation sites (N-methyl/N-ethyl adjacent to an activating group) is 1. The monoisotopic (exact) mass is 332 g/mol. The zero-order valence-electron chi connectivity index (χ0n) is 14.6. The van der Waals surface area contributed by atoms with Crippen molar-refractivity contribution >= 4 is 5.91 Å². The van der Waals surface area contributed by atoms with Gasteiger partial charge in [-0.15, -0.1) is 0 Å². The Kier molecular flexibility index (Phi) is 4.61. The third kappa shape index (κ3) is 3.36. The lowest BCUT2D eigenvalue weighted by Gasteiger charge is -2.46. The Morgan fingerprint density at radius 3 is 2.71 bits per heavy atom. The molecule has 6 nitrogen and oxygen atoms in total. The molecular formula is C18H28N4O2. The van der Waals surface area contributed by atoms with Crippen LogP contribution in [0.5, 0.6) is 0 Å². The standard InChI is InChI=1S/C18H28N4O2/c1-19-8-9-21-10-11-22(13-15(21)12-19)18(23)17-5-4-16(24-17)14-20-6-2-3-7-20/h4-5,15H,2-3,6-14H2,1H3/t15-/m1/s1. The quantitative estimate of drug-likeness (QED) is 0.824. The molecule has 3 fully saturated rings. The van der Waals surface area contributed by atoms with Gasteiger partial charge in [0.05, 0.1) is 6.54 Å². The maximum absolute atomic E-state index is 12.8. The van der Waals surface area contributed by atoms with Gasteiger partial charge in [-0.1, -0.05) is 0 Å². The average molecular weight is 332 g/mol. The van der Waals surface area contributed by atoms with Gasteiger partial charge in [0.1, 0.15) is 5.76 Å². The van der Waals surface area contributed by atoms with E-state index in [0.29, 0.717) is 11.8 Å². The zero-order valence-corrected chi connectivity index (χ0v) is 14.6. The zero-order chi connectivity index (χ0) is 16.5. The van der Waals surface area contributed by atoms with Gasteiger partial charge in [0.15, 0.2) is 5.76 Å². The summed E-state index contributed by atoms with van der Waals surface area (Å²) >= 11 is 0. The molecule has 1 aromatic heterocycles. The van der Waals surface area contributed by atoms with E-state index >= 15 is 0 Å². The minimum absolute atomic E-state index is 0.0514. The van der Waals surface area contributed by atoms with E-state index in [1.54, 1.807) is 0 Å². The molecular weight excluding hydrogens is 304 g/mol. The molecule has 3 saturated heterocycles. The number of amides is 1. The van der Waals surface area contributed by atoms with Crippen molar-refractivity contribution in [1.82, 2.24) is 19.6 Å². The Hall–Kier alpha value is -1.37. The number of hydrogen-bond donors (Lipinski definition) is 0. The van der Waals surface area contributed by atoms with Crippen LogP contribution in [0.4, 0.5) is 0 Å². The molecule has 1 amide bonds. The summed E-state index contributed by atoms with van der Waals surface area (Å²) in [5.74, 6) is 1.47. The molecule has 0 aromatic carbocycles. The van der Waals surface area contributed by atoms with E-state index in [9.17, 15) is 4.79 Å². The summed E-state index contributed by atoms with van der Waals surface area (Å²) in [5.41, 5.74) is 0. The molecule has 0 aliphatic carbocycles. The Labute approximate surface area is 144 Å². The molecule has 1 aromatic rings. The summed E-state index contributed by atoms with van der Waals surface area (Å²) in [4.78, 5) is 22.0. The molecule has 24 heavy (non-hydrogen) atoms. The Morgan fingerprint density at radius 2 is 1.88 bits per heavy atom. The number of nitrogens with zero attached hydrogens (tertiary/aromatic N) is 4. The number of rotatable bonds is 3. The molecule has 0 radical (unpaired) electrons. The molecule has 0 saturated carbocycles. The van der Waals surface area contributed by atoms with E-state index < -0.39 is 0 Å². The number of furan rings is 1. The first-order chi connectivity index (χ1) is 11.7. The van der Waals surface area contributed by atoms with E-state index in [-0.39, 0.29) is 5.91 Å². The Bertz CT molecular complexity index is 581. The van der Waals surface area contributed by atoms with Gasteiger partial charge in [0, 0.05) is 45.3 Å². The van der Waals surface area contributed by atoms with Crippen molar-refractivity contribution in [1.29, 1.82) is 0 Å². The Balaban J connectivity index is 1.37. The smallest absolute Gasteiger partial charge is 0.289 e. The van der Waals surface area contributed by atoms with Crippen molar-refractivity contribution in [2.75, 3.05) is 59.4 Å². The minimum Gasteiger partial charge on any atom is -0.455 e. The fourth-order valence-electron chi connectivity index (χ4n) is 4.19. The van der Waals surface area contributed by atoms with Crippen LogP contribution in [0.1, 0.15) is 29.2 Å². The fourth-order valence-corrected chi connectivity index (χ4v) is 4.19. The summed E-state index contributed by atoms with van der Waals surface area (Å²) in [6, 6.07) is 4.28. The first kappa shape index (κ1) is 16.1. The highest BCUT2D eigenvalue weighted by Gasteiger charge is 2.33. The summed E-state index contributed by atoms with van der Waals surface area (Å²) in [5, 5.41) is 0. The molecule has 0 spiro atoms. The molecule has 4 heterocycles. The van der Waals surface area contributed by atoms with Crippen LogP contribution in [0.25, 0.3) is 0 Å². The molecule has 3 aliphatic rings. The van der Waals surface area contributed by atoms with Crippen molar-refractivity contribution in [2.45, 2.75) is 25.4 Å². The summed E-state index contributed by atoms with van der Waals surface area (Å²) in [6.45, 7) is 8.99. The largest absolute Gasteiger partial charge is 0.455 e. The van der Waals surface area contributed by atoms with E-state index in [4.69, 9.17) is 4.42 Å². The number of likely N-dealkylation sites (tertiary alicyclic amines) is 1. The molecule has 3 aliphatic heterocycles. The highest BCUT2D eigenvalue weighted by atomic mass is 16.4. The van der Waals surface area contributed by atoms with Crippen molar-refractivity contribution in [3.05, 3.63) is 23.7 Å². The van der Waals surface area contributed by atoms with Gasteiger partial charge in [-0.25, -0.2) is 0 Å². The number of carbonyl (C=O) groups excluding carboxylic acids is 1. The highest BCUT2D eigenvalue weighted by Crippen LogP contribution is 2.19. The molecule has 1 atom stereocenters. The molecule has 0 N–H and O–H groups in total. The minimum atomic E-state index is 0.0514. The van der Waals surface area contributed by atoms with E-state index in [0.717, 1.165) is 64.7 Å². The molecule has 132 valence electrons. The first-order valence-electron chi connectivity index (χ1n) is 9.22. The third-order valence-electron chi connectivity index (χ3n) is 5.63. The van der Waals surface area contributed by atoms with Gasteiger partial charge < -0.3 is 14.2 Å². The molecule has 0 bridgehead atoms. The topological polar surface area (TPSA) is 43.2 Å². The maximum atomic E-state index is 12.8. The van der Waals surface area contributed by atoms with Gasteiger partial charge >= 0.3 is 0 Å². The van der Waals surface area contributed by atoms with Gasteiger partial charge in [-0.3, -0.25) is 14.6 Å². The van der Waals surface area contributed by atoms with Crippen molar-refractivity contribution in [3.63, 3.8) is 0 Å². The van der Waals surface area contributed by atoms with Crippen molar-refractivity contribution in [2.24, 2.45) is 0 Å². The molecule has 6 heteroatoms. The normalized spacial score (nSPS) is 26.7. The lowest BCUT2D eigenvalue weighted by molar-refractivity contribution is 0.0174. The Morgan fingerprint density at radius 1 is 1.08 bits per heavy atom. The van der Waals surface area contributed by atoms with Crippen LogP contribution < -0.4 is 0 Å². The second kappa shape index (κ2) is 6.86. The second-order valence-corrected chi connectivity index (χ2v) is 7.45. The average Bonchev–Trinajstić information content (AvgIpc) is 3.26. The summed E-state index contributed by atoms with van der Waals surface area (Å²) in [6.07, 6.45) is 2.54. The van der Waals surface area contributed by atoms with Gasteiger partial charge in [-0.05, 0) is 45.1 Å². The molecule has 0 unspecified atom stereocenters. The second-order valence-electron chi connectivity index (χ2n) is 7.45. The van der Waals surface area contributed by atoms with Gasteiger partial charge in [-0.2, -0.15) is 0 Å². The SMILES string of the molecule is CN1CCN2CCN(C(=O)c3ccc(CN4CCCC4)o3)C[C@H]2C1. The molecule has 4 rings (SSSR count). The highest BCUT2D eigenvalue weighted by molar-refractivity contribution is 5.91. The van der Waals surface area contributed by atoms with Crippen LogP contribution in [0.15, 0.2) is 16.5 Å². The van der Waals surface area contributed by atoms with Crippen LogP contribution >= 0.6 is 0 Å². The fraction of sp³-hybridized carbons (Fsp3) is 0.722. The van der Waals surface area contributed by atoms with Crippen LogP contribution in [0, 0.1) is 0 Å². The van der Waals surface area contributed by atoms with Crippen LogP contribution in [-0.2, 0) is 6.54 Å². The maximum Gasteiger partial charge on any atom is 0.289 e. The van der Waals surface area contributed by atoms with E-state index in [1.165, 1.54) is 12.8 Å². The van der Waals surface area contributed by atoms with Gasteiger partial charge in [0.2, 0.25) is 0 Å².